The molecule has 2 aromatic carbocycles. The first-order valence-electron chi connectivity index (χ1n) is 10.6. The molecule has 0 saturated heterocycles. The maximum Gasteiger partial charge on any atom is 0.306 e. The number of carbonyl (C=O) groups is 3. The lowest BCUT2D eigenvalue weighted by molar-refractivity contribution is -0.155. The molecule has 2 N–H and O–H groups in total. The predicted octanol–water partition coefficient (Wildman–Crippen LogP) is 3.07. The van der Waals surface area contributed by atoms with Crippen molar-refractivity contribution in [1.29, 1.82) is 5.26 Å². The van der Waals surface area contributed by atoms with Gasteiger partial charge in [-0.2, -0.15) is 5.26 Å². The molecule has 1 atom stereocenters. The maximum atomic E-state index is 13.0. The van der Waals surface area contributed by atoms with Gasteiger partial charge >= 0.3 is 5.97 Å². The largest absolute Gasteiger partial charge is 0.489 e. The Labute approximate surface area is 192 Å². The van der Waals surface area contributed by atoms with Crippen molar-refractivity contribution >= 4 is 17.8 Å². The fraction of sp³-hybridized carbons (Fsp3) is 0.360. The summed E-state index contributed by atoms with van der Waals surface area (Å²) in [5.41, 5.74) is 7.49. The van der Waals surface area contributed by atoms with E-state index in [9.17, 15) is 14.4 Å². The Morgan fingerprint density at radius 3 is 2.48 bits per heavy atom. The van der Waals surface area contributed by atoms with E-state index in [1.54, 1.807) is 63.2 Å². The number of hydrogen-bond acceptors (Lipinski definition) is 6. The van der Waals surface area contributed by atoms with Crippen molar-refractivity contribution in [2.24, 2.45) is 5.73 Å². The average Bonchev–Trinajstić information content (AvgIpc) is 3.08. The quantitative estimate of drug-likeness (QED) is 0.618. The molecule has 3 rings (SSSR count). The molecular weight excluding hydrogens is 422 g/mol. The highest BCUT2D eigenvalue weighted by Gasteiger charge is 2.37. The summed E-state index contributed by atoms with van der Waals surface area (Å²) in [5.74, 6) is -0.936. The van der Waals surface area contributed by atoms with Crippen molar-refractivity contribution in [3.63, 3.8) is 0 Å². The number of ether oxygens (including phenoxy) is 2. The van der Waals surface area contributed by atoms with Gasteiger partial charge in [0.25, 0.3) is 5.91 Å². The Morgan fingerprint density at radius 1 is 1.18 bits per heavy atom. The van der Waals surface area contributed by atoms with E-state index in [4.69, 9.17) is 20.5 Å². The van der Waals surface area contributed by atoms with Crippen LogP contribution in [0.25, 0.3) is 0 Å². The van der Waals surface area contributed by atoms with Gasteiger partial charge in [0.2, 0.25) is 5.91 Å². The average molecular weight is 450 g/mol. The number of hydrogen-bond donors (Lipinski definition) is 1. The lowest BCUT2D eigenvalue weighted by atomic mass is 10.1. The van der Waals surface area contributed by atoms with Crippen molar-refractivity contribution in [3.8, 4) is 11.8 Å². The molecule has 0 spiro atoms. The van der Waals surface area contributed by atoms with E-state index in [-0.39, 0.29) is 31.9 Å². The van der Waals surface area contributed by atoms with Gasteiger partial charge in [-0.15, -0.1) is 0 Å². The first kappa shape index (κ1) is 23.8. The van der Waals surface area contributed by atoms with Crippen LogP contribution in [0.2, 0.25) is 0 Å². The third-order valence-electron chi connectivity index (χ3n) is 5.18. The van der Waals surface area contributed by atoms with Gasteiger partial charge in [0, 0.05) is 17.5 Å². The smallest absolute Gasteiger partial charge is 0.306 e. The number of nitrogens with zero attached hydrogens (tertiary/aromatic N) is 2. The molecule has 1 aliphatic heterocycles. The second-order valence-corrected chi connectivity index (χ2v) is 8.86. The van der Waals surface area contributed by atoms with E-state index in [1.165, 1.54) is 4.90 Å². The van der Waals surface area contributed by atoms with Gasteiger partial charge in [-0.05, 0) is 57.0 Å². The summed E-state index contributed by atoms with van der Waals surface area (Å²) in [7, 11) is 0. The molecule has 0 aromatic heterocycles. The molecule has 0 saturated carbocycles. The van der Waals surface area contributed by atoms with Gasteiger partial charge in [-0.1, -0.05) is 18.2 Å². The van der Waals surface area contributed by atoms with Crippen LogP contribution >= 0.6 is 0 Å². The summed E-state index contributed by atoms with van der Waals surface area (Å²) < 4.78 is 11.2. The number of amides is 2. The van der Waals surface area contributed by atoms with Gasteiger partial charge in [0.15, 0.2) is 0 Å². The zero-order valence-corrected chi connectivity index (χ0v) is 19.0. The van der Waals surface area contributed by atoms with Gasteiger partial charge < -0.3 is 20.1 Å². The Hall–Kier alpha value is -3.86. The molecule has 0 radical (unpaired) electrons. The second-order valence-electron chi connectivity index (χ2n) is 8.86. The number of nitrogens with two attached hydrogens (primary N) is 1. The van der Waals surface area contributed by atoms with Crippen molar-refractivity contribution in [2.45, 2.75) is 58.4 Å². The molecule has 8 nitrogen and oxygen atoms in total. The number of rotatable bonds is 8. The Morgan fingerprint density at radius 2 is 1.88 bits per heavy atom. The van der Waals surface area contributed by atoms with Crippen molar-refractivity contribution in [2.75, 3.05) is 0 Å². The van der Waals surface area contributed by atoms with E-state index >= 15 is 0 Å². The third-order valence-corrected chi connectivity index (χ3v) is 5.18. The number of carbonyl (C=O) groups excluding carboxylic acids is 3. The molecule has 2 amide bonds. The molecule has 1 aliphatic rings. The number of benzene rings is 2. The monoisotopic (exact) mass is 449 g/mol. The Bertz CT molecular complexity index is 1100. The van der Waals surface area contributed by atoms with Crippen LogP contribution in [0.3, 0.4) is 0 Å². The predicted molar refractivity (Wildman–Crippen MR) is 120 cm³/mol. The minimum absolute atomic E-state index is 0.0347. The number of esters is 1. The van der Waals surface area contributed by atoms with Crippen LogP contribution in [-0.2, 0) is 27.5 Å². The van der Waals surface area contributed by atoms with E-state index < -0.39 is 23.5 Å². The second kappa shape index (κ2) is 9.74. The van der Waals surface area contributed by atoms with Crippen LogP contribution in [0.5, 0.6) is 5.75 Å². The van der Waals surface area contributed by atoms with Gasteiger partial charge in [0.05, 0.1) is 18.2 Å². The Balaban J connectivity index is 1.71. The highest BCUT2D eigenvalue weighted by atomic mass is 16.6. The topological polar surface area (TPSA) is 123 Å². The SMILES string of the molecule is CC(C)(C)OC(=O)CCC(C(N)=O)N1Cc2c(OCc3ccc(C#N)cc3)cccc2C1=O. The van der Waals surface area contributed by atoms with Crippen LogP contribution < -0.4 is 10.5 Å². The summed E-state index contributed by atoms with van der Waals surface area (Å²) in [4.78, 5) is 38.7. The highest BCUT2D eigenvalue weighted by molar-refractivity contribution is 6.01. The summed E-state index contributed by atoms with van der Waals surface area (Å²) >= 11 is 0. The molecule has 8 heteroatoms. The zero-order valence-electron chi connectivity index (χ0n) is 19.0. The molecule has 0 fully saturated rings. The minimum Gasteiger partial charge on any atom is -0.489 e. The van der Waals surface area contributed by atoms with E-state index in [2.05, 4.69) is 6.07 Å². The summed E-state index contributed by atoms with van der Waals surface area (Å²) in [5, 5.41) is 8.92. The van der Waals surface area contributed by atoms with E-state index in [1.807, 2.05) is 0 Å². The normalized spacial score (nSPS) is 13.8. The highest BCUT2D eigenvalue weighted by Crippen LogP contribution is 2.33. The Kier molecular flexibility index (Phi) is 7.02. The molecule has 33 heavy (non-hydrogen) atoms. The molecule has 0 aliphatic carbocycles. The fourth-order valence-corrected chi connectivity index (χ4v) is 3.65. The molecule has 172 valence electrons. The standard InChI is InChI=1S/C25H27N3O5/c1-25(2,3)33-22(29)12-11-20(23(27)30)28-14-19-18(24(28)31)5-4-6-21(19)32-15-17-9-7-16(13-26)8-10-17/h4-10,20H,11-12,14-15H2,1-3H3,(H2,27,30). The van der Waals surface area contributed by atoms with Gasteiger partial charge in [-0.3, -0.25) is 14.4 Å². The summed E-state index contributed by atoms with van der Waals surface area (Å²) in [6.07, 6.45) is 0.0401. The molecule has 2 aromatic rings. The minimum atomic E-state index is -0.941. The van der Waals surface area contributed by atoms with Crippen molar-refractivity contribution in [1.82, 2.24) is 4.90 Å². The molecular formula is C25H27N3O5. The maximum absolute atomic E-state index is 13.0. The number of nitriles is 1. The molecule has 1 heterocycles. The molecule has 0 bridgehead atoms. The van der Waals surface area contributed by atoms with Crippen LogP contribution in [-0.4, -0.2) is 34.3 Å². The van der Waals surface area contributed by atoms with E-state index in [0.29, 0.717) is 22.4 Å². The first-order valence-corrected chi connectivity index (χ1v) is 10.6. The fourth-order valence-electron chi connectivity index (χ4n) is 3.65. The lowest BCUT2D eigenvalue weighted by Crippen LogP contribution is -2.45. The third kappa shape index (κ3) is 5.89. The number of primary amides is 1. The zero-order chi connectivity index (χ0) is 24.2. The van der Waals surface area contributed by atoms with Crippen LogP contribution in [0.4, 0.5) is 0 Å². The van der Waals surface area contributed by atoms with Crippen LogP contribution in [0.15, 0.2) is 42.5 Å². The lowest BCUT2D eigenvalue weighted by Gasteiger charge is -2.26. The number of fused-ring (bicyclic) bond motifs is 1. The summed E-state index contributed by atoms with van der Waals surface area (Å²) in [6.45, 7) is 5.69. The van der Waals surface area contributed by atoms with Crippen molar-refractivity contribution in [3.05, 3.63) is 64.7 Å². The van der Waals surface area contributed by atoms with Gasteiger partial charge in [0.1, 0.15) is 24.0 Å². The first-order chi connectivity index (χ1) is 15.6. The van der Waals surface area contributed by atoms with Gasteiger partial charge in [-0.25, -0.2) is 0 Å². The van der Waals surface area contributed by atoms with Crippen LogP contribution in [0, 0.1) is 11.3 Å². The van der Waals surface area contributed by atoms with E-state index in [0.717, 1.165) is 5.56 Å². The molecule has 1 unspecified atom stereocenters. The summed E-state index contributed by atoms with van der Waals surface area (Å²) in [6, 6.07) is 13.3. The van der Waals surface area contributed by atoms with Crippen LogP contribution in [0.1, 0.15) is 60.7 Å². The van der Waals surface area contributed by atoms with Crippen molar-refractivity contribution < 1.29 is 23.9 Å².